The lowest BCUT2D eigenvalue weighted by Crippen LogP contribution is -1.81. The average Bonchev–Trinajstić information content (AvgIpc) is 1.80. The molecule has 0 heterocycles. The third-order valence-electron chi connectivity index (χ3n) is 1.40. The fourth-order valence-corrected chi connectivity index (χ4v) is 1.22. The van der Waals surface area contributed by atoms with Gasteiger partial charge in [-0.3, -0.25) is 0 Å². The van der Waals surface area contributed by atoms with Crippen molar-refractivity contribution >= 4 is 0 Å². The van der Waals surface area contributed by atoms with Crippen LogP contribution in [0.3, 0.4) is 0 Å². The van der Waals surface area contributed by atoms with Crippen molar-refractivity contribution in [1.29, 1.82) is 0 Å². The molecule has 70 valence electrons. The van der Waals surface area contributed by atoms with Crippen LogP contribution in [0.4, 0.5) is 0 Å². The summed E-state index contributed by atoms with van der Waals surface area (Å²) in [4.78, 5) is 0. The highest BCUT2D eigenvalue weighted by atomic mass is 14.0. The Morgan fingerprint density at radius 3 is 1.92 bits per heavy atom. The average molecular weight is 175 g/mol. The minimum Gasteiger partial charge on any atom is -0.0961 e. The van der Waals surface area contributed by atoms with Crippen molar-refractivity contribution in [3.8, 4) is 0 Å². The second kappa shape index (κ2) is 5.47. The van der Waals surface area contributed by atoms with Crippen molar-refractivity contribution in [1.82, 2.24) is 0 Å². The van der Waals surface area contributed by atoms with Crippen LogP contribution < -0.4 is 0 Å². The molecular weight excluding hydrogens is 156 g/mol. The standard InChI is InChI=1S/C13H19/c1-10(2)7-12(5)9-13(6)8-11(3)4/h7-9H,1,3H2,2,4-6H3/q+1/b12-7+,13-9?. The summed E-state index contributed by atoms with van der Waals surface area (Å²) < 4.78 is 0. The number of hydrogen-bond donors (Lipinski definition) is 0. The quantitative estimate of drug-likeness (QED) is 0.443. The van der Waals surface area contributed by atoms with Gasteiger partial charge in [0.25, 0.3) is 0 Å². The van der Waals surface area contributed by atoms with Gasteiger partial charge >= 0.3 is 0 Å². The largest absolute Gasteiger partial charge is 0.0961 e. The van der Waals surface area contributed by atoms with E-state index in [1.165, 1.54) is 11.1 Å². The molecule has 0 radical (unpaired) electrons. The minimum atomic E-state index is 1.08. The highest BCUT2D eigenvalue weighted by Crippen LogP contribution is 2.10. The molecule has 0 aromatic heterocycles. The van der Waals surface area contributed by atoms with Crippen LogP contribution in [0.5, 0.6) is 0 Å². The van der Waals surface area contributed by atoms with Gasteiger partial charge in [-0.15, -0.1) is 0 Å². The molecule has 0 aliphatic carbocycles. The zero-order chi connectivity index (χ0) is 10.4. The van der Waals surface area contributed by atoms with E-state index in [-0.39, 0.29) is 0 Å². The summed E-state index contributed by atoms with van der Waals surface area (Å²) in [5, 5.41) is 0. The first-order chi connectivity index (χ1) is 5.91. The van der Waals surface area contributed by atoms with Crippen LogP contribution in [0.1, 0.15) is 27.7 Å². The van der Waals surface area contributed by atoms with E-state index in [0.29, 0.717) is 0 Å². The third-order valence-corrected chi connectivity index (χ3v) is 1.40. The molecule has 0 unspecified atom stereocenters. The van der Waals surface area contributed by atoms with E-state index in [1.54, 1.807) is 0 Å². The van der Waals surface area contributed by atoms with Crippen LogP contribution in [0, 0.1) is 6.42 Å². The monoisotopic (exact) mass is 175 g/mol. The smallest absolute Gasteiger partial charge is 0.0573 e. The Kier molecular flexibility index (Phi) is 4.98. The lowest BCUT2D eigenvalue weighted by atomic mass is 10.1. The Labute approximate surface area is 82.4 Å². The predicted octanol–water partition coefficient (Wildman–Crippen LogP) is 4.24. The Bertz CT molecular complexity index is 262. The first-order valence-corrected chi connectivity index (χ1v) is 4.44. The summed E-state index contributed by atoms with van der Waals surface area (Å²) in [6.45, 7) is 15.8. The normalized spacial score (nSPS) is 12.6. The lowest BCUT2D eigenvalue weighted by molar-refractivity contribution is 1.31. The van der Waals surface area contributed by atoms with E-state index >= 15 is 0 Å². The molecular formula is C13H19+. The highest BCUT2D eigenvalue weighted by molar-refractivity contribution is 5.34. The molecule has 0 aromatic rings. The first-order valence-electron chi connectivity index (χ1n) is 4.44. The van der Waals surface area contributed by atoms with E-state index < -0.39 is 0 Å². The molecule has 0 N–H and O–H groups in total. The molecule has 0 saturated heterocycles. The van der Waals surface area contributed by atoms with Gasteiger partial charge in [0.2, 0.25) is 0 Å². The van der Waals surface area contributed by atoms with Crippen LogP contribution in [0.2, 0.25) is 0 Å². The van der Waals surface area contributed by atoms with Gasteiger partial charge in [-0.05, 0) is 40.3 Å². The number of allylic oxidation sites excluding steroid dienone is 6. The zero-order valence-corrected chi connectivity index (χ0v) is 9.15. The van der Waals surface area contributed by atoms with Gasteiger partial charge in [0.1, 0.15) is 0 Å². The van der Waals surface area contributed by atoms with Gasteiger partial charge in [-0.25, -0.2) is 0 Å². The topological polar surface area (TPSA) is 0 Å². The summed E-state index contributed by atoms with van der Waals surface area (Å²) in [5.74, 6) is 0. The molecule has 0 aliphatic rings. The maximum atomic E-state index is 3.83. The van der Waals surface area contributed by atoms with Gasteiger partial charge in [-0.1, -0.05) is 12.2 Å². The summed E-state index contributed by atoms with van der Waals surface area (Å²) in [6, 6.07) is 0. The molecule has 0 bridgehead atoms. The molecule has 0 nitrogen and oxygen atoms in total. The van der Waals surface area contributed by atoms with Gasteiger partial charge < -0.3 is 0 Å². The van der Waals surface area contributed by atoms with Gasteiger partial charge in [0, 0.05) is 23.6 Å². The van der Waals surface area contributed by atoms with E-state index in [9.17, 15) is 0 Å². The molecule has 0 heteroatoms. The van der Waals surface area contributed by atoms with Crippen LogP contribution in [-0.2, 0) is 0 Å². The van der Waals surface area contributed by atoms with Crippen LogP contribution in [-0.4, -0.2) is 0 Å². The molecule has 0 fully saturated rings. The van der Waals surface area contributed by atoms with Crippen molar-refractivity contribution in [2.24, 2.45) is 0 Å². The molecule has 0 aromatic carbocycles. The summed E-state index contributed by atoms with van der Waals surface area (Å²) >= 11 is 0. The van der Waals surface area contributed by atoms with Crippen molar-refractivity contribution in [2.75, 3.05) is 0 Å². The lowest BCUT2D eigenvalue weighted by Gasteiger charge is -1.93. The van der Waals surface area contributed by atoms with Gasteiger partial charge in [0.05, 0.1) is 5.57 Å². The Morgan fingerprint density at radius 1 is 1.00 bits per heavy atom. The molecule has 0 rings (SSSR count). The maximum absolute atomic E-state index is 3.83. The molecule has 13 heavy (non-hydrogen) atoms. The summed E-state index contributed by atoms with van der Waals surface area (Å²) in [7, 11) is 0. The Hall–Kier alpha value is -1.17. The van der Waals surface area contributed by atoms with E-state index in [4.69, 9.17) is 0 Å². The van der Waals surface area contributed by atoms with E-state index in [0.717, 1.165) is 11.1 Å². The van der Waals surface area contributed by atoms with Crippen molar-refractivity contribution in [2.45, 2.75) is 27.7 Å². The Balaban J connectivity index is 4.38. The maximum Gasteiger partial charge on any atom is 0.0573 e. The zero-order valence-electron chi connectivity index (χ0n) is 9.15. The van der Waals surface area contributed by atoms with Gasteiger partial charge in [0.15, 0.2) is 0 Å². The van der Waals surface area contributed by atoms with E-state index in [2.05, 4.69) is 45.6 Å². The second-order valence-corrected chi connectivity index (χ2v) is 3.61. The molecule has 0 atom stereocenters. The summed E-state index contributed by atoms with van der Waals surface area (Å²) in [5.41, 5.74) is 4.61. The van der Waals surface area contributed by atoms with Crippen LogP contribution >= 0.6 is 0 Å². The molecule has 0 aliphatic heterocycles. The molecule has 0 spiro atoms. The molecule has 0 saturated carbocycles. The fourth-order valence-electron chi connectivity index (χ4n) is 1.22. The summed E-state index contributed by atoms with van der Waals surface area (Å²) in [6.07, 6.45) is 6.26. The third kappa shape index (κ3) is 7.20. The Morgan fingerprint density at radius 2 is 1.54 bits per heavy atom. The predicted molar refractivity (Wildman–Crippen MR) is 61.4 cm³/mol. The minimum absolute atomic E-state index is 1.08. The number of rotatable bonds is 4. The van der Waals surface area contributed by atoms with Crippen molar-refractivity contribution in [3.05, 3.63) is 54.0 Å². The second-order valence-electron chi connectivity index (χ2n) is 3.61. The van der Waals surface area contributed by atoms with Gasteiger partial charge in [-0.2, -0.15) is 0 Å². The SMILES string of the molecule is C=C(C)/C=C(\C)C=C(C)[CH+]C(=C)C. The van der Waals surface area contributed by atoms with Crippen molar-refractivity contribution < 1.29 is 0 Å². The van der Waals surface area contributed by atoms with Crippen LogP contribution in [0.25, 0.3) is 0 Å². The van der Waals surface area contributed by atoms with E-state index in [1.807, 2.05) is 13.8 Å². The number of hydrogen-bond acceptors (Lipinski definition) is 0. The first kappa shape index (κ1) is 11.8. The fraction of sp³-hybridized carbons (Fsp3) is 0.308. The van der Waals surface area contributed by atoms with Crippen molar-refractivity contribution in [3.63, 3.8) is 0 Å². The highest BCUT2D eigenvalue weighted by Gasteiger charge is 1.98. The van der Waals surface area contributed by atoms with Crippen LogP contribution in [0.15, 0.2) is 47.6 Å². The molecule has 0 amide bonds.